The van der Waals surface area contributed by atoms with Crippen LogP contribution in [0.3, 0.4) is 0 Å². The van der Waals surface area contributed by atoms with Crippen LogP contribution in [-0.4, -0.2) is 72.6 Å². The normalized spacial score (nSPS) is 14.0. The number of alkyl halides is 1. The lowest BCUT2D eigenvalue weighted by Gasteiger charge is -2.21. The van der Waals surface area contributed by atoms with Crippen molar-refractivity contribution in [3.8, 4) is 23.0 Å². The number of cyclic esters (lactones) is 2. The highest BCUT2D eigenvalue weighted by atomic mass is 79.9. The number of hydrogen-bond acceptors (Lipinski definition) is 9. The van der Waals surface area contributed by atoms with E-state index in [0.717, 1.165) is 80.7 Å². The summed E-state index contributed by atoms with van der Waals surface area (Å²) >= 11 is 3.54. The molecule has 0 bridgehead atoms. The number of benzene rings is 2. The molecule has 0 radical (unpaired) electrons. The van der Waals surface area contributed by atoms with Crippen molar-refractivity contribution >= 4 is 44.0 Å². The van der Waals surface area contributed by atoms with Gasteiger partial charge in [-0.1, -0.05) is 101 Å². The molecule has 0 spiro atoms. The van der Waals surface area contributed by atoms with Gasteiger partial charge < -0.3 is 33.5 Å². The second kappa shape index (κ2) is 22.8. The summed E-state index contributed by atoms with van der Waals surface area (Å²) < 4.78 is 40.7. The Morgan fingerprint density at radius 1 is 0.750 bits per heavy atom. The third-order valence-corrected chi connectivity index (χ3v) is 14.1. The third-order valence-electron chi connectivity index (χ3n) is 9.92. The number of fused-ring (bicyclic) bond motifs is 2. The van der Waals surface area contributed by atoms with Gasteiger partial charge in [-0.2, -0.15) is 0 Å². The summed E-state index contributed by atoms with van der Waals surface area (Å²) in [5.41, 5.74) is 8.81. The van der Waals surface area contributed by atoms with E-state index < -0.39 is 16.1 Å². The Morgan fingerprint density at radius 3 is 1.43 bits per heavy atom. The van der Waals surface area contributed by atoms with E-state index >= 15 is 0 Å². The molecule has 0 fully saturated rings. The van der Waals surface area contributed by atoms with Crippen molar-refractivity contribution in [3.63, 3.8) is 0 Å². The number of ether oxygens (including phenoxy) is 6. The molecule has 0 aliphatic carbocycles. The predicted molar refractivity (Wildman–Crippen MR) is 237 cm³/mol. The Hall–Kier alpha value is -3.07. The summed E-state index contributed by atoms with van der Waals surface area (Å²) in [7, 11) is 0.803. The van der Waals surface area contributed by atoms with Crippen molar-refractivity contribution in [2.75, 3.05) is 39.4 Å². The van der Waals surface area contributed by atoms with Crippen LogP contribution in [0.2, 0.25) is 51.4 Å². The Labute approximate surface area is 349 Å². The predicted octanol–water partition coefficient (Wildman–Crippen LogP) is 11.0. The molecule has 56 heavy (non-hydrogen) atoms. The molecule has 12 heteroatoms. The molecule has 0 unspecified atom stereocenters. The number of aliphatic hydroxyl groups excluding tert-OH is 1. The molecule has 2 aromatic rings. The van der Waals surface area contributed by atoms with Gasteiger partial charge in [0.15, 0.2) is 0 Å². The molecule has 0 saturated carbocycles. The molecule has 2 aromatic carbocycles. The van der Waals surface area contributed by atoms with Crippen LogP contribution in [0, 0.1) is 13.8 Å². The van der Waals surface area contributed by atoms with E-state index in [9.17, 15) is 14.7 Å². The molecule has 0 atom stereocenters. The molecule has 1 N–H and O–H groups in total. The first-order valence-corrected chi connectivity index (χ1v) is 28.3. The van der Waals surface area contributed by atoms with Gasteiger partial charge in [0.05, 0.1) is 34.0 Å². The van der Waals surface area contributed by atoms with Gasteiger partial charge in [0.1, 0.15) is 47.3 Å². The topological polar surface area (TPSA) is 110 Å². The molecule has 0 aromatic heterocycles. The highest BCUT2D eigenvalue weighted by Gasteiger charge is 2.35. The van der Waals surface area contributed by atoms with Gasteiger partial charge in [0.25, 0.3) is 0 Å². The van der Waals surface area contributed by atoms with E-state index in [-0.39, 0.29) is 25.2 Å². The average Bonchev–Trinajstić information content (AvgIpc) is 3.73. The van der Waals surface area contributed by atoms with Gasteiger partial charge in [-0.15, -0.1) is 0 Å². The highest BCUT2D eigenvalue weighted by Crippen LogP contribution is 2.44. The minimum Gasteiger partial charge on any atom is -0.496 e. The van der Waals surface area contributed by atoms with Gasteiger partial charge in [0, 0.05) is 45.1 Å². The Bertz CT molecular complexity index is 1610. The van der Waals surface area contributed by atoms with Crippen LogP contribution in [0.4, 0.5) is 0 Å². The zero-order chi connectivity index (χ0) is 43.1. The fraction of sp³-hybridized carbons (Fsp3) is 0.591. The largest absolute Gasteiger partial charge is 0.496 e. The molecule has 9 nitrogen and oxygen atoms in total. The Morgan fingerprint density at radius 2 is 1.12 bits per heavy atom. The first-order chi connectivity index (χ1) is 26.9. The lowest BCUT2D eigenvalue weighted by atomic mass is 9.94. The van der Waals surface area contributed by atoms with Crippen LogP contribution in [-0.2, 0) is 35.5 Å². The van der Waals surface area contributed by atoms with E-state index in [0.29, 0.717) is 62.2 Å². The molecule has 0 amide bonds. The zero-order valence-corrected chi connectivity index (χ0v) is 40.0. The SMILES string of the molecule is CC/C(=C\Cc1c(OC)c(C)c2c(c1OCC[Si](C)(C)C)C(=O)OC2)CBr.CC/C(=C\Cc1c(OC)c(C)c2c(c1OCC[Si](C)(C)C)C(=O)OC2)CO.[2H]CC. The number of allylic oxidation sites excluding steroid dienone is 3. The smallest absolute Gasteiger partial charge is 0.342 e. The number of methoxy groups -OCH3 is 2. The molecular weight excluding hydrogens is 809 g/mol. The lowest BCUT2D eigenvalue weighted by Crippen LogP contribution is -2.23. The summed E-state index contributed by atoms with van der Waals surface area (Å²) in [5, 5.41) is 10.3. The third kappa shape index (κ3) is 13.0. The van der Waals surface area contributed by atoms with Gasteiger partial charge in [0.2, 0.25) is 0 Å². The maximum absolute atomic E-state index is 12.4. The minimum atomic E-state index is -1.27. The van der Waals surface area contributed by atoms with E-state index in [1.807, 2.05) is 26.8 Å². The molecule has 0 saturated heterocycles. The van der Waals surface area contributed by atoms with Crippen LogP contribution in [0.5, 0.6) is 23.0 Å². The summed E-state index contributed by atoms with van der Waals surface area (Å²) in [6, 6.07) is 2.03. The monoisotopic (exact) mass is 877 g/mol. The van der Waals surface area contributed by atoms with E-state index in [1.54, 1.807) is 21.1 Å². The quantitative estimate of drug-likeness (QED) is 0.0677. The van der Waals surface area contributed by atoms with Gasteiger partial charge in [-0.3, -0.25) is 0 Å². The fourth-order valence-electron chi connectivity index (χ4n) is 6.36. The van der Waals surface area contributed by atoms with Crippen molar-refractivity contribution in [3.05, 3.63) is 67.8 Å². The number of hydrogen-bond donors (Lipinski definition) is 1. The molecule has 2 aliphatic heterocycles. The van der Waals surface area contributed by atoms with Crippen molar-refractivity contribution in [1.82, 2.24) is 0 Å². The number of esters is 2. The second-order valence-electron chi connectivity index (χ2n) is 16.2. The summed E-state index contributed by atoms with van der Waals surface area (Å²) in [6.07, 6.45) is 7.15. The molecule has 314 valence electrons. The van der Waals surface area contributed by atoms with E-state index in [4.69, 9.17) is 29.8 Å². The summed E-state index contributed by atoms with van der Waals surface area (Å²) in [6.45, 7) is 26.0. The summed E-state index contributed by atoms with van der Waals surface area (Å²) in [4.78, 5) is 24.9. The Kier molecular flexibility index (Phi) is 19.2. The number of rotatable bonds is 18. The number of aliphatic hydroxyl groups is 1. The van der Waals surface area contributed by atoms with Gasteiger partial charge in [-0.05, 0) is 68.3 Å². The van der Waals surface area contributed by atoms with E-state index in [2.05, 4.69) is 68.2 Å². The number of carbonyl (C=O) groups is 2. The molecule has 2 aliphatic rings. The zero-order valence-electron chi connectivity index (χ0n) is 37.4. The second-order valence-corrected chi connectivity index (χ2v) is 28.0. The Balaban J connectivity index is 0.000000368. The van der Waals surface area contributed by atoms with Crippen molar-refractivity contribution < 1.29 is 44.5 Å². The first kappa shape index (κ1) is 47.3. The van der Waals surface area contributed by atoms with Crippen LogP contribution in [0.15, 0.2) is 23.3 Å². The van der Waals surface area contributed by atoms with E-state index in [1.165, 1.54) is 5.57 Å². The standard InChI is InChI=1S/C21H31BrO4Si.C21H32O5Si.C2H6/c2*1-7-15(12-22)8-9-16-19(24-3)14(2)17-13-26-21(23)18(17)20(16)25-10-11-27(4,5)6;1-2/h8H,7,9-13H2,1-6H3;8,22H,7,9-13H2,1-6H3;1-2H3/b2*15-8+;/i;;1D. The van der Waals surface area contributed by atoms with Crippen molar-refractivity contribution in [2.24, 2.45) is 0 Å². The van der Waals surface area contributed by atoms with Gasteiger partial charge >= 0.3 is 11.9 Å². The molecular formula is C44H69BrO9Si2. The van der Waals surface area contributed by atoms with Crippen LogP contribution in [0.1, 0.15) is 96.0 Å². The lowest BCUT2D eigenvalue weighted by molar-refractivity contribution is 0.0522. The van der Waals surface area contributed by atoms with Crippen molar-refractivity contribution in [1.29, 1.82) is 0 Å². The maximum atomic E-state index is 12.4. The van der Waals surface area contributed by atoms with Gasteiger partial charge in [-0.25, -0.2) is 9.59 Å². The van der Waals surface area contributed by atoms with Crippen LogP contribution >= 0.6 is 15.9 Å². The summed E-state index contributed by atoms with van der Waals surface area (Å²) in [5.74, 6) is 2.14. The molecule has 2 heterocycles. The highest BCUT2D eigenvalue weighted by molar-refractivity contribution is 9.09. The first-order valence-electron chi connectivity index (χ1n) is 20.4. The minimum absolute atomic E-state index is 0.0244. The number of carbonyl (C=O) groups excluding carboxylic acids is 2. The fourth-order valence-corrected chi connectivity index (χ4v) is 8.42. The average molecular weight is 879 g/mol. The van der Waals surface area contributed by atoms with Crippen LogP contribution < -0.4 is 18.9 Å². The molecule has 4 rings (SSSR count). The van der Waals surface area contributed by atoms with Crippen LogP contribution in [0.25, 0.3) is 0 Å². The maximum Gasteiger partial charge on any atom is 0.342 e. The van der Waals surface area contributed by atoms with Crippen molar-refractivity contribution in [2.45, 2.75) is 132 Å². The number of halogens is 1.